The molecule has 0 unspecified atom stereocenters. The Kier molecular flexibility index (Phi) is 3.37. The van der Waals surface area contributed by atoms with Gasteiger partial charge in [-0.05, 0) is 25.0 Å². The highest BCUT2D eigenvalue weighted by Crippen LogP contribution is 2.17. The predicted octanol–water partition coefficient (Wildman–Crippen LogP) is 2.62. The summed E-state index contributed by atoms with van der Waals surface area (Å²) in [7, 11) is 0. The molecule has 13 heavy (non-hydrogen) atoms. The van der Waals surface area contributed by atoms with E-state index in [-0.39, 0.29) is 5.24 Å². The minimum atomic E-state index is -0.319. The van der Waals surface area contributed by atoms with Crippen molar-refractivity contribution in [2.45, 2.75) is 19.6 Å². The van der Waals surface area contributed by atoms with Gasteiger partial charge in [-0.3, -0.25) is 4.79 Å². The molecule has 3 heteroatoms. The zero-order chi connectivity index (χ0) is 9.84. The van der Waals surface area contributed by atoms with Crippen molar-refractivity contribution in [3.8, 4) is 0 Å². The van der Waals surface area contributed by atoms with E-state index in [1.165, 1.54) is 16.7 Å². The molecule has 0 saturated heterocycles. The molecule has 0 aromatic heterocycles. The van der Waals surface area contributed by atoms with Crippen molar-refractivity contribution >= 4 is 17.0 Å². The lowest BCUT2D eigenvalue weighted by atomic mass is 10.1. The smallest absolute Gasteiger partial charge is 0.276 e. The summed E-state index contributed by atoms with van der Waals surface area (Å²) in [6.07, 6.45) is 0. The Morgan fingerprint density at radius 1 is 1.46 bits per heavy atom. The van der Waals surface area contributed by atoms with Crippen molar-refractivity contribution in [3.63, 3.8) is 0 Å². The highest BCUT2D eigenvalue weighted by molar-refractivity contribution is 8.12. The second kappa shape index (κ2) is 4.33. The number of carbonyl (C=O) groups is 1. The fraction of sp³-hybridized carbons (Fsp3) is 0.300. The number of amides is 1. The van der Waals surface area contributed by atoms with Crippen LogP contribution in [0.4, 0.5) is 4.79 Å². The maximum atomic E-state index is 10.5. The second-order valence-corrected chi connectivity index (χ2v) is 4.02. The lowest BCUT2D eigenvalue weighted by Gasteiger charge is -2.04. The summed E-state index contributed by atoms with van der Waals surface area (Å²) in [5.74, 6) is 0.668. The molecule has 0 heterocycles. The van der Waals surface area contributed by atoms with Crippen LogP contribution in [0.25, 0.3) is 0 Å². The Bertz CT molecular complexity index is 323. The predicted molar refractivity (Wildman–Crippen MR) is 56.8 cm³/mol. The lowest BCUT2D eigenvalue weighted by molar-refractivity contribution is 0.267. The zero-order valence-corrected chi connectivity index (χ0v) is 8.65. The monoisotopic (exact) mass is 195 g/mol. The van der Waals surface area contributed by atoms with Crippen molar-refractivity contribution in [1.82, 2.24) is 0 Å². The number of nitrogens with two attached hydrogens (primary N) is 1. The van der Waals surface area contributed by atoms with Crippen molar-refractivity contribution in [3.05, 3.63) is 34.9 Å². The fourth-order valence-corrected chi connectivity index (χ4v) is 1.78. The Morgan fingerprint density at radius 2 is 2.15 bits per heavy atom. The molecule has 0 aliphatic heterocycles. The Labute approximate surface area is 82.5 Å². The average molecular weight is 195 g/mol. The molecule has 1 aromatic carbocycles. The van der Waals surface area contributed by atoms with Gasteiger partial charge in [-0.25, -0.2) is 0 Å². The van der Waals surface area contributed by atoms with Crippen LogP contribution in [0.2, 0.25) is 0 Å². The molecule has 2 N–H and O–H groups in total. The van der Waals surface area contributed by atoms with Gasteiger partial charge >= 0.3 is 0 Å². The maximum absolute atomic E-state index is 10.5. The second-order valence-electron chi connectivity index (χ2n) is 3.04. The molecule has 2 nitrogen and oxygen atoms in total. The van der Waals surface area contributed by atoms with Crippen LogP contribution in [0.3, 0.4) is 0 Å². The third-order valence-corrected chi connectivity index (χ3v) is 2.61. The Hall–Kier alpha value is -0.960. The van der Waals surface area contributed by atoms with Crippen molar-refractivity contribution in [2.24, 2.45) is 5.73 Å². The maximum Gasteiger partial charge on any atom is 0.276 e. The standard InChI is InChI=1S/C10H13NOS/c1-7-3-4-9(8(2)5-7)6-13-10(11)12/h3-5H,6H2,1-2H3,(H2,11,12). The topological polar surface area (TPSA) is 43.1 Å². The first-order valence-electron chi connectivity index (χ1n) is 4.08. The van der Waals surface area contributed by atoms with E-state index in [9.17, 15) is 4.79 Å². The molecular weight excluding hydrogens is 182 g/mol. The van der Waals surface area contributed by atoms with Crippen molar-refractivity contribution < 1.29 is 4.79 Å². The van der Waals surface area contributed by atoms with Crippen LogP contribution >= 0.6 is 11.8 Å². The number of benzene rings is 1. The average Bonchev–Trinajstić information content (AvgIpc) is 2.02. The molecule has 70 valence electrons. The van der Waals surface area contributed by atoms with Gasteiger partial charge in [-0.2, -0.15) is 0 Å². The lowest BCUT2D eigenvalue weighted by Crippen LogP contribution is -2.02. The largest absolute Gasteiger partial charge is 0.361 e. The number of thioether (sulfide) groups is 1. The molecule has 0 atom stereocenters. The van der Waals surface area contributed by atoms with Crippen LogP contribution in [0, 0.1) is 13.8 Å². The number of hydrogen-bond donors (Lipinski definition) is 1. The first-order chi connectivity index (χ1) is 6.09. The first-order valence-corrected chi connectivity index (χ1v) is 5.06. The van der Waals surface area contributed by atoms with Crippen LogP contribution in [-0.2, 0) is 5.75 Å². The van der Waals surface area contributed by atoms with Gasteiger partial charge in [0, 0.05) is 5.75 Å². The Balaban J connectivity index is 2.72. The minimum Gasteiger partial charge on any atom is -0.361 e. The number of aryl methyl sites for hydroxylation is 2. The van der Waals surface area contributed by atoms with Gasteiger partial charge in [0.2, 0.25) is 0 Å². The molecular formula is C10H13NOS. The number of hydrogen-bond acceptors (Lipinski definition) is 2. The number of rotatable bonds is 2. The number of carbonyl (C=O) groups excluding carboxylic acids is 1. The van der Waals surface area contributed by atoms with E-state index in [4.69, 9.17) is 5.73 Å². The number of primary amides is 1. The molecule has 0 saturated carbocycles. The summed E-state index contributed by atoms with van der Waals surface area (Å²) in [6, 6.07) is 6.20. The molecule has 0 fully saturated rings. The molecule has 0 radical (unpaired) electrons. The van der Waals surface area contributed by atoms with Gasteiger partial charge in [-0.1, -0.05) is 35.5 Å². The third-order valence-electron chi connectivity index (χ3n) is 1.87. The summed E-state index contributed by atoms with van der Waals surface area (Å²) in [6.45, 7) is 4.10. The molecule has 0 spiro atoms. The molecule has 1 rings (SSSR count). The Morgan fingerprint density at radius 3 is 2.69 bits per heavy atom. The van der Waals surface area contributed by atoms with E-state index in [0.717, 1.165) is 11.8 Å². The minimum absolute atomic E-state index is 0.319. The van der Waals surface area contributed by atoms with Gasteiger partial charge < -0.3 is 5.73 Å². The van der Waals surface area contributed by atoms with Gasteiger partial charge in [-0.15, -0.1) is 0 Å². The third kappa shape index (κ3) is 3.11. The van der Waals surface area contributed by atoms with Crippen LogP contribution in [0.15, 0.2) is 18.2 Å². The van der Waals surface area contributed by atoms with E-state index in [1.807, 2.05) is 19.1 Å². The molecule has 0 aliphatic rings. The van der Waals surface area contributed by atoms with Gasteiger partial charge in [0.15, 0.2) is 0 Å². The summed E-state index contributed by atoms with van der Waals surface area (Å²) in [5, 5.41) is -0.319. The molecule has 0 aliphatic carbocycles. The summed E-state index contributed by atoms with van der Waals surface area (Å²) >= 11 is 1.14. The van der Waals surface area contributed by atoms with E-state index >= 15 is 0 Å². The van der Waals surface area contributed by atoms with Gasteiger partial charge in [0.1, 0.15) is 0 Å². The SMILES string of the molecule is Cc1ccc(CSC(N)=O)c(C)c1. The zero-order valence-electron chi connectivity index (χ0n) is 7.83. The van der Waals surface area contributed by atoms with Crippen molar-refractivity contribution in [2.75, 3.05) is 0 Å². The quantitative estimate of drug-likeness (QED) is 0.788. The van der Waals surface area contributed by atoms with Gasteiger partial charge in [0.05, 0.1) is 0 Å². The summed E-state index contributed by atoms with van der Waals surface area (Å²) in [5.41, 5.74) is 8.68. The molecule has 0 bridgehead atoms. The van der Waals surface area contributed by atoms with Crippen molar-refractivity contribution in [1.29, 1.82) is 0 Å². The van der Waals surface area contributed by atoms with Crippen LogP contribution in [0.5, 0.6) is 0 Å². The fourth-order valence-electron chi connectivity index (χ4n) is 1.16. The highest BCUT2D eigenvalue weighted by Gasteiger charge is 2.00. The van der Waals surface area contributed by atoms with E-state index < -0.39 is 0 Å². The van der Waals surface area contributed by atoms with Crippen LogP contribution < -0.4 is 5.73 Å². The normalized spacial score (nSPS) is 10.0. The van der Waals surface area contributed by atoms with E-state index in [2.05, 4.69) is 13.0 Å². The summed E-state index contributed by atoms with van der Waals surface area (Å²) in [4.78, 5) is 10.5. The van der Waals surface area contributed by atoms with E-state index in [1.54, 1.807) is 0 Å². The van der Waals surface area contributed by atoms with Crippen LogP contribution in [-0.4, -0.2) is 5.24 Å². The van der Waals surface area contributed by atoms with Crippen LogP contribution in [0.1, 0.15) is 16.7 Å². The highest BCUT2D eigenvalue weighted by atomic mass is 32.2. The molecule has 1 amide bonds. The van der Waals surface area contributed by atoms with Gasteiger partial charge in [0.25, 0.3) is 5.24 Å². The van der Waals surface area contributed by atoms with E-state index in [0.29, 0.717) is 5.75 Å². The first kappa shape index (κ1) is 10.1. The summed E-state index contributed by atoms with van der Waals surface area (Å²) < 4.78 is 0. The molecule has 1 aromatic rings.